The number of benzene rings is 2. The number of hydrogen-bond acceptors (Lipinski definition) is 4. The molecule has 1 amide bonds. The minimum Gasteiger partial charge on any atom is -0.371 e. The van der Waals surface area contributed by atoms with Crippen molar-refractivity contribution in [3.63, 3.8) is 0 Å². The topological polar surface area (TPSA) is 69.7 Å². The molecule has 7 heteroatoms. The fourth-order valence-electron chi connectivity index (χ4n) is 3.74. The molecule has 0 bridgehead atoms. The first kappa shape index (κ1) is 22.3. The lowest BCUT2D eigenvalue weighted by Gasteiger charge is -2.32. The van der Waals surface area contributed by atoms with E-state index in [2.05, 4.69) is 29.3 Å². The third kappa shape index (κ3) is 6.57. The van der Waals surface area contributed by atoms with Crippen molar-refractivity contribution < 1.29 is 13.2 Å². The van der Waals surface area contributed by atoms with Gasteiger partial charge in [-0.15, -0.1) is 0 Å². The summed E-state index contributed by atoms with van der Waals surface area (Å²) in [6.45, 7) is 4.81. The van der Waals surface area contributed by atoms with Gasteiger partial charge in [0.25, 0.3) is 0 Å². The molecule has 30 heavy (non-hydrogen) atoms. The van der Waals surface area contributed by atoms with E-state index in [-0.39, 0.29) is 19.0 Å². The maximum absolute atomic E-state index is 12.4. The van der Waals surface area contributed by atoms with E-state index in [9.17, 15) is 13.2 Å². The van der Waals surface area contributed by atoms with Crippen LogP contribution in [0.5, 0.6) is 0 Å². The van der Waals surface area contributed by atoms with Crippen LogP contribution in [-0.2, 0) is 27.9 Å². The standard InChI is InChI=1S/C23H31N3O3S/c1-19-7-6-14-25(16-19)22-12-10-20(11-13-22)15-24-23(27)18-26(30(2,28)29)17-21-8-4-3-5-9-21/h3-5,8-13,19H,6-7,14-18H2,1-2H3,(H,24,27)/t19-/m1/s1. The van der Waals surface area contributed by atoms with Crippen LogP contribution < -0.4 is 10.2 Å². The Hall–Kier alpha value is -2.38. The van der Waals surface area contributed by atoms with Crippen LogP contribution in [-0.4, -0.2) is 44.5 Å². The Morgan fingerprint density at radius 2 is 1.80 bits per heavy atom. The summed E-state index contributed by atoms with van der Waals surface area (Å²) in [4.78, 5) is 14.8. The molecule has 1 N–H and O–H groups in total. The zero-order valence-electron chi connectivity index (χ0n) is 17.8. The van der Waals surface area contributed by atoms with Crippen LogP contribution in [0.4, 0.5) is 5.69 Å². The van der Waals surface area contributed by atoms with Crippen LogP contribution in [0.1, 0.15) is 30.9 Å². The highest BCUT2D eigenvalue weighted by atomic mass is 32.2. The molecular formula is C23H31N3O3S. The van der Waals surface area contributed by atoms with Gasteiger partial charge in [0.15, 0.2) is 0 Å². The third-order valence-electron chi connectivity index (χ3n) is 5.44. The number of piperidine rings is 1. The van der Waals surface area contributed by atoms with Crippen LogP contribution in [0.3, 0.4) is 0 Å². The number of carbonyl (C=O) groups is 1. The van der Waals surface area contributed by atoms with Crippen molar-refractivity contribution in [2.24, 2.45) is 5.92 Å². The van der Waals surface area contributed by atoms with E-state index in [4.69, 9.17) is 0 Å². The molecule has 162 valence electrons. The van der Waals surface area contributed by atoms with Crippen molar-refractivity contribution in [1.29, 1.82) is 0 Å². The summed E-state index contributed by atoms with van der Waals surface area (Å²) in [5.74, 6) is 0.400. The zero-order chi connectivity index (χ0) is 21.6. The third-order valence-corrected chi connectivity index (χ3v) is 6.64. The minimum absolute atomic E-state index is 0.177. The fraction of sp³-hybridized carbons (Fsp3) is 0.435. The van der Waals surface area contributed by atoms with E-state index in [1.54, 1.807) is 0 Å². The Morgan fingerprint density at radius 3 is 2.43 bits per heavy atom. The highest BCUT2D eigenvalue weighted by molar-refractivity contribution is 7.88. The molecule has 2 aromatic rings. The molecule has 1 aliphatic rings. The van der Waals surface area contributed by atoms with E-state index in [1.165, 1.54) is 22.8 Å². The van der Waals surface area contributed by atoms with Gasteiger partial charge >= 0.3 is 0 Å². The molecule has 2 aromatic carbocycles. The van der Waals surface area contributed by atoms with Crippen molar-refractivity contribution in [2.75, 3.05) is 30.8 Å². The van der Waals surface area contributed by atoms with Crippen LogP contribution in [0.15, 0.2) is 54.6 Å². The number of anilines is 1. The molecular weight excluding hydrogens is 398 g/mol. The first-order valence-corrected chi connectivity index (χ1v) is 12.3. The summed E-state index contributed by atoms with van der Waals surface area (Å²) in [7, 11) is -3.50. The van der Waals surface area contributed by atoms with Gasteiger partial charge in [0.1, 0.15) is 0 Å². The first-order chi connectivity index (χ1) is 14.3. The van der Waals surface area contributed by atoms with Gasteiger partial charge in [-0.25, -0.2) is 8.42 Å². The summed E-state index contributed by atoms with van der Waals surface area (Å²) in [6.07, 6.45) is 3.64. The maximum atomic E-state index is 12.4. The lowest BCUT2D eigenvalue weighted by molar-refractivity contribution is -0.121. The number of carbonyl (C=O) groups excluding carboxylic acids is 1. The van der Waals surface area contributed by atoms with Gasteiger partial charge < -0.3 is 10.2 Å². The monoisotopic (exact) mass is 429 g/mol. The average Bonchev–Trinajstić information content (AvgIpc) is 2.72. The van der Waals surface area contributed by atoms with Crippen molar-refractivity contribution in [3.8, 4) is 0 Å². The normalized spacial score (nSPS) is 17.2. The van der Waals surface area contributed by atoms with Gasteiger partial charge in [-0.3, -0.25) is 4.79 Å². The number of rotatable bonds is 8. The Balaban J connectivity index is 1.53. The second-order valence-electron chi connectivity index (χ2n) is 8.15. The molecule has 1 heterocycles. The molecule has 1 fully saturated rings. The number of nitrogens with one attached hydrogen (secondary N) is 1. The van der Waals surface area contributed by atoms with E-state index in [0.29, 0.717) is 12.5 Å². The highest BCUT2D eigenvalue weighted by Crippen LogP contribution is 2.23. The van der Waals surface area contributed by atoms with Gasteiger partial charge in [0.05, 0.1) is 12.8 Å². The largest absolute Gasteiger partial charge is 0.371 e. The highest BCUT2D eigenvalue weighted by Gasteiger charge is 2.20. The zero-order valence-corrected chi connectivity index (χ0v) is 18.6. The molecule has 0 aromatic heterocycles. The summed E-state index contributed by atoms with van der Waals surface area (Å²) in [5.41, 5.74) is 3.05. The van der Waals surface area contributed by atoms with E-state index < -0.39 is 10.0 Å². The Morgan fingerprint density at radius 1 is 1.10 bits per heavy atom. The number of hydrogen-bond donors (Lipinski definition) is 1. The minimum atomic E-state index is -3.50. The number of nitrogens with zero attached hydrogens (tertiary/aromatic N) is 2. The molecule has 1 aliphatic heterocycles. The molecule has 0 aliphatic carbocycles. The summed E-state index contributed by atoms with van der Waals surface area (Å²) < 4.78 is 25.4. The van der Waals surface area contributed by atoms with Crippen molar-refractivity contribution in [1.82, 2.24) is 9.62 Å². The van der Waals surface area contributed by atoms with Crippen molar-refractivity contribution >= 4 is 21.6 Å². The smallest absolute Gasteiger partial charge is 0.235 e. The molecule has 0 saturated carbocycles. The summed E-state index contributed by atoms with van der Waals surface area (Å²) in [5, 5.41) is 2.83. The quantitative estimate of drug-likeness (QED) is 0.700. The molecule has 0 radical (unpaired) electrons. The second-order valence-corrected chi connectivity index (χ2v) is 10.1. The number of amides is 1. The average molecular weight is 430 g/mol. The Labute approximate surface area is 179 Å². The molecule has 3 rings (SSSR count). The van der Waals surface area contributed by atoms with Crippen LogP contribution in [0.25, 0.3) is 0 Å². The molecule has 0 spiro atoms. The fourth-order valence-corrected chi connectivity index (χ4v) is 4.48. The second kappa shape index (κ2) is 10.1. The molecule has 1 saturated heterocycles. The van der Waals surface area contributed by atoms with Gasteiger partial charge in [-0.2, -0.15) is 4.31 Å². The van der Waals surface area contributed by atoms with Crippen molar-refractivity contribution in [2.45, 2.75) is 32.9 Å². The van der Waals surface area contributed by atoms with Gasteiger partial charge in [-0.1, -0.05) is 49.4 Å². The van der Waals surface area contributed by atoms with Crippen LogP contribution in [0, 0.1) is 5.92 Å². The Bertz CT molecular complexity index is 930. The molecule has 1 atom stereocenters. The van der Waals surface area contributed by atoms with Gasteiger partial charge in [0.2, 0.25) is 15.9 Å². The van der Waals surface area contributed by atoms with Gasteiger partial charge in [-0.05, 0) is 42.0 Å². The van der Waals surface area contributed by atoms with Crippen molar-refractivity contribution in [3.05, 3.63) is 65.7 Å². The SMILES string of the molecule is C[C@@H]1CCCN(c2ccc(CNC(=O)CN(Cc3ccccc3)S(C)(=O)=O)cc2)C1. The Kier molecular flexibility index (Phi) is 7.50. The lowest BCUT2D eigenvalue weighted by Crippen LogP contribution is -2.39. The maximum Gasteiger partial charge on any atom is 0.235 e. The molecule has 0 unspecified atom stereocenters. The van der Waals surface area contributed by atoms with Gasteiger partial charge in [0, 0.05) is 31.9 Å². The predicted molar refractivity (Wildman–Crippen MR) is 121 cm³/mol. The summed E-state index contributed by atoms with van der Waals surface area (Å²) >= 11 is 0. The summed E-state index contributed by atoms with van der Waals surface area (Å²) in [6, 6.07) is 17.5. The van der Waals surface area contributed by atoms with E-state index >= 15 is 0 Å². The van der Waals surface area contributed by atoms with Crippen LogP contribution >= 0.6 is 0 Å². The predicted octanol–water partition coefficient (Wildman–Crippen LogP) is 3.00. The lowest BCUT2D eigenvalue weighted by atomic mass is 9.99. The number of sulfonamides is 1. The molecule has 6 nitrogen and oxygen atoms in total. The van der Waals surface area contributed by atoms with E-state index in [0.717, 1.165) is 30.5 Å². The van der Waals surface area contributed by atoms with Crippen LogP contribution in [0.2, 0.25) is 0 Å². The van der Waals surface area contributed by atoms with E-state index in [1.807, 2.05) is 42.5 Å². The first-order valence-electron chi connectivity index (χ1n) is 10.4.